The van der Waals surface area contributed by atoms with Crippen molar-refractivity contribution in [1.82, 2.24) is 4.90 Å². The Morgan fingerprint density at radius 2 is 2.06 bits per heavy atom. The van der Waals surface area contributed by atoms with E-state index in [9.17, 15) is 9.59 Å². The number of fused-ring (bicyclic) bond motifs is 3. The van der Waals surface area contributed by atoms with Crippen LogP contribution in [0.4, 0.5) is 5.69 Å². The number of nitrogens with zero attached hydrogens (tertiary/aromatic N) is 2. The zero-order valence-corrected chi connectivity index (χ0v) is 10.8. The molecule has 1 fully saturated rings. The molecule has 1 aromatic carbocycles. The van der Waals surface area contributed by atoms with Crippen LogP contribution < -0.4 is 4.90 Å². The number of likely N-dealkylation sites (N-methyl/N-ethyl adjacent to an activating group) is 2. The summed E-state index contributed by atoms with van der Waals surface area (Å²) in [6, 6.07) is 5.72. The van der Waals surface area contributed by atoms with Crippen LogP contribution in [0.3, 0.4) is 0 Å². The van der Waals surface area contributed by atoms with Gasteiger partial charge in [0.15, 0.2) is 0 Å². The van der Waals surface area contributed by atoms with E-state index in [4.69, 9.17) is 0 Å². The lowest BCUT2D eigenvalue weighted by Gasteiger charge is -2.32. The first-order chi connectivity index (χ1) is 8.49. The molecular weight excluding hydrogens is 228 g/mol. The molecule has 3 rings (SSSR count). The zero-order valence-electron chi connectivity index (χ0n) is 10.8. The molecule has 2 aliphatic rings. The second-order valence-electron chi connectivity index (χ2n) is 5.48. The molecule has 2 aliphatic heterocycles. The monoisotopic (exact) mass is 244 g/mol. The van der Waals surface area contributed by atoms with Crippen LogP contribution in [0.1, 0.15) is 29.3 Å². The predicted molar refractivity (Wildman–Crippen MR) is 68.8 cm³/mol. The van der Waals surface area contributed by atoms with Gasteiger partial charge >= 0.3 is 0 Å². The highest BCUT2D eigenvalue weighted by Gasteiger charge is 2.55. The molecule has 4 nitrogen and oxygen atoms in total. The van der Waals surface area contributed by atoms with Gasteiger partial charge in [0.05, 0.1) is 0 Å². The van der Waals surface area contributed by atoms with Gasteiger partial charge in [0.25, 0.3) is 0 Å². The molecule has 94 valence electrons. The average molecular weight is 244 g/mol. The van der Waals surface area contributed by atoms with E-state index >= 15 is 0 Å². The van der Waals surface area contributed by atoms with E-state index in [-0.39, 0.29) is 17.5 Å². The predicted octanol–water partition coefficient (Wildman–Crippen LogP) is 1.39. The molecule has 1 amide bonds. The molecule has 1 saturated heterocycles. The van der Waals surface area contributed by atoms with Crippen LogP contribution in [-0.2, 0) is 10.2 Å². The van der Waals surface area contributed by atoms with E-state index in [2.05, 4.69) is 11.8 Å². The molecule has 1 aromatic rings. The van der Waals surface area contributed by atoms with Crippen molar-refractivity contribution in [2.24, 2.45) is 0 Å². The quantitative estimate of drug-likeness (QED) is 0.701. The maximum absolute atomic E-state index is 11.9. The van der Waals surface area contributed by atoms with Crippen molar-refractivity contribution >= 4 is 17.9 Å². The molecule has 0 saturated carbocycles. The summed E-state index contributed by atoms with van der Waals surface area (Å²) in [5, 5.41) is 0. The molecule has 0 aromatic heterocycles. The van der Waals surface area contributed by atoms with Gasteiger partial charge in [-0.15, -0.1) is 0 Å². The fourth-order valence-corrected chi connectivity index (χ4v) is 3.54. The fraction of sp³-hybridized carbons (Fsp3) is 0.429. The lowest BCUT2D eigenvalue weighted by atomic mass is 9.81. The van der Waals surface area contributed by atoms with Crippen LogP contribution in [-0.4, -0.2) is 37.4 Å². The number of hydrogen-bond acceptors (Lipinski definition) is 3. The molecule has 0 bridgehead atoms. The van der Waals surface area contributed by atoms with Gasteiger partial charge in [-0.05, 0) is 23.8 Å². The smallest absolute Gasteiger partial charge is 0.225 e. The van der Waals surface area contributed by atoms with Gasteiger partial charge in [0, 0.05) is 37.2 Å². The third-order valence-electron chi connectivity index (χ3n) is 4.37. The number of carbonyl (C=O) groups is 2. The van der Waals surface area contributed by atoms with Gasteiger partial charge in [-0.1, -0.05) is 6.92 Å². The van der Waals surface area contributed by atoms with E-state index < -0.39 is 0 Å². The number of aldehydes is 1. The van der Waals surface area contributed by atoms with E-state index in [0.29, 0.717) is 12.0 Å². The maximum Gasteiger partial charge on any atom is 0.225 e. The largest absolute Gasteiger partial charge is 0.353 e. The summed E-state index contributed by atoms with van der Waals surface area (Å²) in [6.07, 6.45) is 1.42. The lowest BCUT2D eigenvalue weighted by Crippen LogP contribution is -2.46. The third-order valence-corrected chi connectivity index (χ3v) is 4.37. The minimum absolute atomic E-state index is 0.0573. The van der Waals surface area contributed by atoms with Crippen LogP contribution in [0.25, 0.3) is 0 Å². The van der Waals surface area contributed by atoms with Crippen LogP contribution in [0.2, 0.25) is 0 Å². The number of carbonyl (C=O) groups excluding carboxylic acids is 2. The Morgan fingerprint density at radius 1 is 1.33 bits per heavy atom. The van der Waals surface area contributed by atoms with Crippen molar-refractivity contribution in [3.8, 4) is 0 Å². The summed E-state index contributed by atoms with van der Waals surface area (Å²) in [5.41, 5.74) is 2.69. The molecule has 0 N–H and O–H groups in total. The number of rotatable bonds is 1. The molecule has 0 unspecified atom stereocenters. The van der Waals surface area contributed by atoms with Crippen molar-refractivity contribution in [3.05, 3.63) is 29.3 Å². The van der Waals surface area contributed by atoms with Crippen LogP contribution >= 0.6 is 0 Å². The summed E-state index contributed by atoms with van der Waals surface area (Å²) in [5.74, 6) is 0.163. The lowest BCUT2D eigenvalue weighted by molar-refractivity contribution is -0.127. The maximum atomic E-state index is 11.9. The Bertz CT molecular complexity index is 555. The second-order valence-corrected chi connectivity index (χ2v) is 5.48. The topological polar surface area (TPSA) is 40.6 Å². The summed E-state index contributed by atoms with van der Waals surface area (Å²) < 4.78 is 0. The highest BCUT2D eigenvalue weighted by Crippen LogP contribution is 2.51. The second kappa shape index (κ2) is 3.34. The molecule has 0 aliphatic carbocycles. The van der Waals surface area contributed by atoms with Crippen LogP contribution in [0.5, 0.6) is 0 Å². The molecule has 2 heterocycles. The van der Waals surface area contributed by atoms with Crippen molar-refractivity contribution in [2.75, 3.05) is 19.0 Å². The molecule has 4 heteroatoms. The minimum Gasteiger partial charge on any atom is -0.353 e. The molecule has 2 atom stereocenters. The van der Waals surface area contributed by atoms with Crippen molar-refractivity contribution in [2.45, 2.75) is 24.9 Å². The Hall–Kier alpha value is -1.84. The van der Waals surface area contributed by atoms with Crippen molar-refractivity contribution in [3.63, 3.8) is 0 Å². The Labute approximate surface area is 106 Å². The number of benzene rings is 1. The van der Waals surface area contributed by atoms with E-state index in [1.54, 1.807) is 4.90 Å². The Balaban J connectivity index is 2.21. The standard InChI is InChI=1S/C14H16N2O2/c1-14-7-12(18)16(3)13(14)15(2)11-5-4-9(8-17)6-10(11)14/h4-6,8,13H,7H2,1-3H3/t13-,14-/m1/s1. The van der Waals surface area contributed by atoms with Crippen molar-refractivity contribution < 1.29 is 9.59 Å². The zero-order chi connectivity index (χ0) is 13.1. The summed E-state index contributed by atoms with van der Waals surface area (Å²) in [6.45, 7) is 2.11. The summed E-state index contributed by atoms with van der Waals surface area (Å²) >= 11 is 0. The SMILES string of the molecule is CN1C(=O)C[C@]2(C)c3cc(C=O)ccc3N(C)[C@H]12. The first-order valence-corrected chi connectivity index (χ1v) is 6.07. The van der Waals surface area contributed by atoms with E-state index in [1.807, 2.05) is 32.3 Å². The first-order valence-electron chi connectivity index (χ1n) is 6.07. The summed E-state index contributed by atoms with van der Waals surface area (Å²) in [7, 11) is 3.85. The first kappa shape index (κ1) is 11.3. The molecule has 18 heavy (non-hydrogen) atoms. The van der Waals surface area contributed by atoms with Gasteiger partial charge < -0.3 is 9.80 Å². The fourth-order valence-electron chi connectivity index (χ4n) is 3.54. The van der Waals surface area contributed by atoms with Crippen LogP contribution in [0.15, 0.2) is 18.2 Å². The normalized spacial score (nSPS) is 29.5. The Kier molecular flexibility index (Phi) is 2.09. The van der Waals surface area contributed by atoms with Gasteiger partial charge in [0.2, 0.25) is 5.91 Å². The number of likely N-dealkylation sites (tertiary alicyclic amines) is 1. The Morgan fingerprint density at radius 3 is 2.72 bits per heavy atom. The van der Waals surface area contributed by atoms with E-state index in [1.165, 1.54) is 0 Å². The van der Waals surface area contributed by atoms with E-state index in [0.717, 1.165) is 17.5 Å². The van der Waals surface area contributed by atoms with Gasteiger partial charge in [-0.3, -0.25) is 9.59 Å². The van der Waals surface area contributed by atoms with Gasteiger partial charge in [0.1, 0.15) is 12.5 Å². The van der Waals surface area contributed by atoms with Gasteiger partial charge in [-0.2, -0.15) is 0 Å². The number of anilines is 1. The molecule has 0 radical (unpaired) electrons. The highest BCUT2D eigenvalue weighted by atomic mass is 16.2. The minimum atomic E-state index is -0.213. The number of hydrogen-bond donors (Lipinski definition) is 0. The van der Waals surface area contributed by atoms with Gasteiger partial charge in [-0.25, -0.2) is 0 Å². The summed E-state index contributed by atoms with van der Waals surface area (Å²) in [4.78, 5) is 26.8. The highest BCUT2D eigenvalue weighted by molar-refractivity contribution is 5.86. The van der Waals surface area contributed by atoms with Crippen molar-refractivity contribution in [1.29, 1.82) is 0 Å². The molecule has 0 spiro atoms. The molecular formula is C14H16N2O2. The van der Waals surface area contributed by atoms with Crippen LogP contribution in [0, 0.1) is 0 Å². The third kappa shape index (κ3) is 1.15. The average Bonchev–Trinajstić information content (AvgIpc) is 2.71. The number of amides is 1.